The lowest BCUT2D eigenvalue weighted by molar-refractivity contribution is 1.22. The van der Waals surface area contributed by atoms with E-state index >= 15 is 0 Å². The minimum Gasteiger partial charge on any atom is -0.0915 e. The van der Waals surface area contributed by atoms with E-state index in [4.69, 9.17) is 0 Å². The van der Waals surface area contributed by atoms with Gasteiger partial charge < -0.3 is 0 Å². The second kappa shape index (κ2) is 8.08. The summed E-state index contributed by atoms with van der Waals surface area (Å²) in [6.07, 6.45) is 6.72. The van der Waals surface area contributed by atoms with Crippen molar-refractivity contribution < 1.29 is 0 Å². The summed E-state index contributed by atoms with van der Waals surface area (Å²) in [5, 5.41) is 4.39. The molecule has 0 aliphatic carbocycles. The van der Waals surface area contributed by atoms with Crippen LogP contribution in [0, 0.1) is 0 Å². The lowest BCUT2D eigenvalue weighted by atomic mass is 10.3. The summed E-state index contributed by atoms with van der Waals surface area (Å²) < 4.78 is 0. The predicted molar refractivity (Wildman–Crippen MR) is 109 cm³/mol. The maximum absolute atomic E-state index is 2.31. The fourth-order valence-corrected chi connectivity index (χ4v) is 7.57. The molecule has 120 valence electrons. The molecule has 0 aromatic heterocycles. The summed E-state index contributed by atoms with van der Waals surface area (Å²) in [4.78, 5) is 0. The van der Waals surface area contributed by atoms with Crippen LogP contribution in [-0.2, 0) is 0 Å². The van der Waals surface area contributed by atoms with Crippen molar-refractivity contribution in [1.29, 1.82) is 0 Å². The zero-order valence-electron chi connectivity index (χ0n) is 14.2. The molecule has 0 amide bonds. The van der Waals surface area contributed by atoms with Crippen LogP contribution in [-0.4, -0.2) is 6.16 Å². The lowest BCUT2D eigenvalue weighted by Gasteiger charge is -2.27. The number of allylic oxidation sites excluding steroid dienone is 2. The van der Waals surface area contributed by atoms with Crippen LogP contribution >= 0.6 is 7.26 Å². The van der Waals surface area contributed by atoms with Gasteiger partial charge in [-0.25, -0.2) is 0 Å². The summed E-state index contributed by atoms with van der Waals surface area (Å²) in [7, 11) is -1.63. The van der Waals surface area contributed by atoms with E-state index in [9.17, 15) is 0 Å². The van der Waals surface area contributed by atoms with Crippen LogP contribution in [0.3, 0.4) is 0 Å². The van der Waals surface area contributed by atoms with Gasteiger partial charge in [0.05, 0.1) is 6.16 Å². The number of hydrogen-bond donors (Lipinski definition) is 0. The Morgan fingerprint density at radius 3 is 1.33 bits per heavy atom. The first kappa shape index (κ1) is 16.7. The molecule has 24 heavy (non-hydrogen) atoms. The van der Waals surface area contributed by atoms with Gasteiger partial charge in [-0.15, -0.1) is 0 Å². The van der Waals surface area contributed by atoms with E-state index in [0.717, 1.165) is 12.6 Å². The largest absolute Gasteiger partial charge is 0.112 e. The number of benzene rings is 3. The van der Waals surface area contributed by atoms with E-state index in [-0.39, 0.29) is 0 Å². The molecule has 3 aromatic carbocycles. The molecule has 1 heteroatoms. The molecule has 0 spiro atoms. The molecule has 0 unspecified atom stereocenters. The Balaban J connectivity index is 2.24. The van der Waals surface area contributed by atoms with Gasteiger partial charge in [0.1, 0.15) is 23.2 Å². The second-order valence-corrected chi connectivity index (χ2v) is 9.51. The number of rotatable bonds is 6. The Labute approximate surface area is 146 Å². The molecule has 0 heterocycles. The highest BCUT2D eigenvalue weighted by Crippen LogP contribution is 2.55. The van der Waals surface area contributed by atoms with Gasteiger partial charge in [-0.3, -0.25) is 0 Å². The molecular weight excluding hydrogens is 307 g/mol. The molecule has 0 aliphatic heterocycles. The van der Waals surface area contributed by atoms with Crippen molar-refractivity contribution in [3.8, 4) is 0 Å². The van der Waals surface area contributed by atoms with Crippen LogP contribution < -0.4 is 15.9 Å². The number of hydrogen-bond acceptors (Lipinski definition) is 0. The molecule has 0 N–H and O–H groups in total. The standard InChI is InChI=1S/C23H24P/c1-2-3-13-20-24(21-14-7-4-8-15-21,22-16-9-5-10-17-22)23-18-11-6-12-19-23/h2-12,14-19H,13,20H2,1H3/q+1. The molecule has 0 fully saturated rings. The normalized spacial score (nSPS) is 11.7. The highest BCUT2D eigenvalue weighted by molar-refractivity contribution is 7.95. The van der Waals surface area contributed by atoms with Gasteiger partial charge in [0.15, 0.2) is 0 Å². The van der Waals surface area contributed by atoms with Gasteiger partial charge in [0, 0.05) is 6.42 Å². The highest BCUT2D eigenvalue weighted by atomic mass is 31.2. The maximum atomic E-state index is 2.31. The highest BCUT2D eigenvalue weighted by Gasteiger charge is 2.44. The molecular formula is C23H24P+. The fourth-order valence-electron chi connectivity index (χ4n) is 3.32. The first-order valence-electron chi connectivity index (χ1n) is 8.54. The van der Waals surface area contributed by atoms with Crippen LogP contribution in [0.25, 0.3) is 0 Å². The molecule has 0 aliphatic rings. The van der Waals surface area contributed by atoms with Gasteiger partial charge in [0.2, 0.25) is 0 Å². The summed E-state index contributed by atoms with van der Waals surface area (Å²) in [6.45, 7) is 2.10. The van der Waals surface area contributed by atoms with Crippen molar-refractivity contribution in [2.45, 2.75) is 13.3 Å². The van der Waals surface area contributed by atoms with Gasteiger partial charge in [0.25, 0.3) is 0 Å². The van der Waals surface area contributed by atoms with Crippen molar-refractivity contribution >= 4 is 23.2 Å². The molecule has 3 aromatic rings. The van der Waals surface area contributed by atoms with Crippen molar-refractivity contribution in [1.82, 2.24) is 0 Å². The maximum Gasteiger partial charge on any atom is 0.112 e. The molecule has 3 rings (SSSR count). The third-order valence-electron chi connectivity index (χ3n) is 4.46. The van der Waals surface area contributed by atoms with Crippen LogP contribution in [0.4, 0.5) is 0 Å². The average molecular weight is 331 g/mol. The van der Waals surface area contributed by atoms with Crippen LogP contribution in [0.5, 0.6) is 0 Å². The average Bonchev–Trinajstić information content (AvgIpc) is 2.68. The summed E-state index contributed by atoms with van der Waals surface area (Å²) >= 11 is 0. The van der Waals surface area contributed by atoms with E-state index in [2.05, 4.69) is 110 Å². The van der Waals surface area contributed by atoms with E-state index in [1.54, 1.807) is 0 Å². The molecule has 0 radical (unpaired) electrons. The first-order chi connectivity index (χ1) is 11.9. The second-order valence-electron chi connectivity index (χ2n) is 5.90. The molecule has 0 nitrogen and oxygen atoms in total. The lowest BCUT2D eigenvalue weighted by Crippen LogP contribution is -2.33. The van der Waals surface area contributed by atoms with Crippen LogP contribution in [0.1, 0.15) is 13.3 Å². The van der Waals surface area contributed by atoms with Gasteiger partial charge in [-0.2, -0.15) is 0 Å². The van der Waals surface area contributed by atoms with E-state index in [1.165, 1.54) is 15.9 Å². The van der Waals surface area contributed by atoms with Crippen LogP contribution in [0.2, 0.25) is 0 Å². The molecule has 0 bridgehead atoms. The van der Waals surface area contributed by atoms with Crippen molar-refractivity contribution in [2.75, 3.05) is 6.16 Å². The Kier molecular flexibility index (Phi) is 5.62. The molecule has 0 saturated heterocycles. The van der Waals surface area contributed by atoms with E-state index < -0.39 is 7.26 Å². The predicted octanol–water partition coefficient (Wildman–Crippen LogP) is 4.95. The molecule has 0 saturated carbocycles. The minimum absolute atomic E-state index is 1.10. The monoisotopic (exact) mass is 331 g/mol. The van der Waals surface area contributed by atoms with E-state index in [1.807, 2.05) is 0 Å². The summed E-state index contributed by atoms with van der Waals surface area (Å²) in [5.41, 5.74) is 0. The Morgan fingerprint density at radius 2 is 1.00 bits per heavy atom. The molecule has 0 atom stereocenters. The van der Waals surface area contributed by atoms with Crippen molar-refractivity contribution in [3.63, 3.8) is 0 Å². The van der Waals surface area contributed by atoms with Crippen molar-refractivity contribution in [2.24, 2.45) is 0 Å². The summed E-state index contributed by atoms with van der Waals surface area (Å²) in [6, 6.07) is 33.2. The third kappa shape index (κ3) is 3.35. The topological polar surface area (TPSA) is 0 Å². The van der Waals surface area contributed by atoms with Crippen molar-refractivity contribution in [3.05, 3.63) is 103 Å². The van der Waals surface area contributed by atoms with Gasteiger partial charge in [-0.1, -0.05) is 66.7 Å². The van der Waals surface area contributed by atoms with Crippen LogP contribution in [0.15, 0.2) is 103 Å². The van der Waals surface area contributed by atoms with Gasteiger partial charge >= 0.3 is 0 Å². The zero-order chi connectivity index (χ0) is 16.7. The quantitative estimate of drug-likeness (QED) is 0.443. The van der Waals surface area contributed by atoms with E-state index in [0.29, 0.717) is 0 Å². The van der Waals surface area contributed by atoms with Gasteiger partial charge in [-0.05, 0) is 43.3 Å². The minimum atomic E-state index is -1.63. The first-order valence-corrected chi connectivity index (χ1v) is 10.5. The SMILES string of the molecule is CC=CCC[P+](c1ccccc1)(c1ccccc1)c1ccccc1. The fraction of sp³-hybridized carbons (Fsp3) is 0.130. The Morgan fingerprint density at radius 1 is 0.625 bits per heavy atom. The third-order valence-corrected chi connectivity index (χ3v) is 8.93. The zero-order valence-corrected chi connectivity index (χ0v) is 15.1. The smallest absolute Gasteiger partial charge is 0.0915 e. The Bertz CT molecular complexity index is 664. The Hall–Kier alpha value is -2.17. The summed E-state index contributed by atoms with van der Waals surface area (Å²) in [5.74, 6) is 0.